The van der Waals surface area contributed by atoms with E-state index in [4.69, 9.17) is 11.6 Å². The van der Waals surface area contributed by atoms with E-state index in [1.165, 1.54) is 12.1 Å². The van der Waals surface area contributed by atoms with Crippen molar-refractivity contribution in [2.45, 2.75) is 26.4 Å². The van der Waals surface area contributed by atoms with Crippen LogP contribution in [-0.2, 0) is 6.54 Å². The van der Waals surface area contributed by atoms with E-state index >= 15 is 0 Å². The maximum absolute atomic E-state index is 13.2. The molecule has 0 aromatic heterocycles. The first kappa shape index (κ1) is 14.9. The average Bonchev–Trinajstić information content (AvgIpc) is 2.35. The van der Waals surface area contributed by atoms with E-state index in [1.807, 2.05) is 12.1 Å². The standard InChI is InChI=1S/C16H16ClF2N/c1-10(2)20-9-11-3-4-15(16(17)5-11)12-6-13(18)8-14(19)7-12/h3-8,10,20H,9H2,1-2H3. The van der Waals surface area contributed by atoms with Crippen molar-refractivity contribution in [2.24, 2.45) is 0 Å². The van der Waals surface area contributed by atoms with Gasteiger partial charge in [0.15, 0.2) is 0 Å². The molecule has 0 amide bonds. The summed E-state index contributed by atoms with van der Waals surface area (Å²) in [6.07, 6.45) is 0. The van der Waals surface area contributed by atoms with Crippen molar-refractivity contribution in [1.29, 1.82) is 0 Å². The van der Waals surface area contributed by atoms with Crippen LogP contribution in [0.1, 0.15) is 19.4 Å². The highest BCUT2D eigenvalue weighted by atomic mass is 35.5. The highest BCUT2D eigenvalue weighted by Crippen LogP contribution is 2.29. The second-order valence-corrected chi connectivity index (χ2v) is 5.42. The van der Waals surface area contributed by atoms with Gasteiger partial charge in [0, 0.05) is 29.2 Å². The summed E-state index contributed by atoms with van der Waals surface area (Å²) in [5, 5.41) is 3.77. The van der Waals surface area contributed by atoms with Gasteiger partial charge in [0.1, 0.15) is 11.6 Å². The molecule has 0 aliphatic carbocycles. The molecule has 0 saturated heterocycles. The second kappa shape index (κ2) is 6.33. The normalized spacial score (nSPS) is 11.1. The Bertz CT molecular complexity index is 591. The number of halogens is 3. The van der Waals surface area contributed by atoms with Gasteiger partial charge in [0.25, 0.3) is 0 Å². The van der Waals surface area contributed by atoms with Crippen LogP contribution in [0.25, 0.3) is 11.1 Å². The van der Waals surface area contributed by atoms with Crippen molar-refractivity contribution in [2.75, 3.05) is 0 Å². The molecule has 0 bridgehead atoms. The Labute approximate surface area is 122 Å². The summed E-state index contributed by atoms with van der Waals surface area (Å²) in [5.74, 6) is -1.22. The number of rotatable bonds is 4. The van der Waals surface area contributed by atoms with Crippen LogP contribution in [0.5, 0.6) is 0 Å². The molecule has 1 N–H and O–H groups in total. The lowest BCUT2D eigenvalue weighted by Crippen LogP contribution is -2.21. The van der Waals surface area contributed by atoms with E-state index in [1.54, 1.807) is 6.07 Å². The highest BCUT2D eigenvalue weighted by Gasteiger charge is 2.08. The summed E-state index contributed by atoms with van der Waals surface area (Å²) in [6, 6.07) is 9.28. The molecular weight excluding hydrogens is 280 g/mol. The van der Waals surface area contributed by atoms with E-state index in [9.17, 15) is 8.78 Å². The van der Waals surface area contributed by atoms with Crippen LogP contribution >= 0.6 is 11.6 Å². The zero-order valence-electron chi connectivity index (χ0n) is 11.4. The first-order valence-electron chi connectivity index (χ1n) is 6.44. The maximum Gasteiger partial charge on any atom is 0.126 e. The summed E-state index contributed by atoms with van der Waals surface area (Å²) in [4.78, 5) is 0. The lowest BCUT2D eigenvalue weighted by molar-refractivity contribution is 0.584. The molecule has 0 unspecified atom stereocenters. The van der Waals surface area contributed by atoms with Gasteiger partial charge in [0.05, 0.1) is 0 Å². The highest BCUT2D eigenvalue weighted by molar-refractivity contribution is 6.33. The maximum atomic E-state index is 13.2. The molecule has 0 fully saturated rings. The molecule has 2 rings (SSSR count). The SMILES string of the molecule is CC(C)NCc1ccc(-c2cc(F)cc(F)c2)c(Cl)c1. The lowest BCUT2D eigenvalue weighted by atomic mass is 10.0. The van der Waals surface area contributed by atoms with Gasteiger partial charge in [-0.3, -0.25) is 0 Å². The quantitative estimate of drug-likeness (QED) is 0.855. The summed E-state index contributed by atoms with van der Waals surface area (Å²) in [6.45, 7) is 4.83. The summed E-state index contributed by atoms with van der Waals surface area (Å²) in [5.41, 5.74) is 2.10. The van der Waals surface area contributed by atoms with E-state index in [2.05, 4.69) is 19.2 Å². The van der Waals surface area contributed by atoms with Crippen LogP contribution in [0.3, 0.4) is 0 Å². The van der Waals surface area contributed by atoms with E-state index in [0.29, 0.717) is 28.7 Å². The van der Waals surface area contributed by atoms with Crippen LogP contribution in [-0.4, -0.2) is 6.04 Å². The molecular formula is C16H16ClF2N. The minimum atomic E-state index is -0.610. The third-order valence-corrected chi connectivity index (χ3v) is 3.23. The Balaban J connectivity index is 2.29. The Kier molecular flexibility index (Phi) is 4.73. The molecule has 4 heteroatoms. The van der Waals surface area contributed by atoms with E-state index in [0.717, 1.165) is 11.6 Å². The van der Waals surface area contributed by atoms with E-state index < -0.39 is 11.6 Å². The molecule has 2 aromatic rings. The molecule has 106 valence electrons. The minimum Gasteiger partial charge on any atom is -0.310 e. The molecule has 2 aromatic carbocycles. The molecule has 0 aliphatic rings. The monoisotopic (exact) mass is 295 g/mol. The summed E-state index contributed by atoms with van der Waals surface area (Å²) >= 11 is 6.21. The second-order valence-electron chi connectivity index (χ2n) is 5.01. The third kappa shape index (κ3) is 3.78. The lowest BCUT2D eigenvalue weighted by Gasteiger charge is -2.11. The molecule has 0 atom stereocenters. The average molecular weight is 296 g/mol. The first-order valence-corrected chi connectivity index (χ1v) is 6.82. The fraction of sp³-hybridized carbons (Fsp3) is 0.250. The van der Waals surface area contributed by atoms with Crippen molar-refractivity contribution in [3.05, 3.63) is 58.6 Å². The Morgan fingerprint density at radius 2 is 1.70 bits per heavy atom. The number of hydrogen-bond acceptors (Lipinski definition) is 1. The van der Waals surface area contributed by atoms with Gasteiger partial charge in [-0.05, 0) is 29.3 Å². The predicted octanol–water partition coefficient (Wildman–Crippen LogP) is 4.78. The Morgan fingerprint density at radius 3 is 2.25 bits per heavy atom. The number of nitrogens with one attached hydrogen (secondary N) is 1. The van der Waals surface area contributed by atoms with Gasteiger partial charge in [-0.25, -0.2) is 8.78 Å². The molecule has 0 heterocycles. The minimum absolute atomic E-state index is 0.380. The fourth-order valence-corrected chi connectivity index (χ4v) is 2.25. The van der Waals surface area contributed by atoms with Gasteiger partial charge in [-0.2, -0.15) is 0 Å². The largest absolute Gasteiger partial charge is 0.310 e. The topological polar surface area (TPSA) is 12.0 Å². The first-order chi connectivity index (χ1) is 9.45. The third-order valence-electron chi connectivity index (χ3n) is 2.92. The predicted molar refractivity (Wildman–Crippen MR) is 78.8 cm³/mol. The molecule has 0 aliphatic heterocycles. The van der Waals surface area contributed by atoms with Crippen LogP contribution in [0.2, 0.25) is 5.02 Å². The molecule has 20 heavy (non-hydrogen) atoms. The van der Waals surface area contributed by atoms with Crippen LogP contribution < -0.4 is 5.32 Å². The van der Waals surface area contributed by atoms with Crippen molar-refractivity contribution in [3.63, 3.8) is 0 Å². The van der Waals surface area contributed by atoms with Gasteiger partial charge in [0.2, 0.25) is 0 Å². The molecule has 0 radical (unpaired) electrons. The summed E-state index contributed by atoms with van der Waals surface area (Å²) < 4.78 is 26.5. The molecule has 0 saturated carbocycles. The van der Waals surface area contributed by atoms with Crippen molar-refractivity contribution in [1.82, 2.24) is 5.32 Å². The Morgan fingerprint density at radius 1 is 1.05 bits per heavy atom. The number of hydrogen-bond donors (Lipinski definition) is 1. The smallest absolute Gasteiger partial charge is 0.126 e. The zero-order chi connectivity index (χ0) is 14.7. The van der Waals surface area contributed by atoms with Crippen molar-refractivity contribution < 1.29 is 8.78 Å². The van der Waals surface area contributed by atoms with E-state index in [-0.39, 0.29) is 0 Å². The van der Waals surface area contributed by atoms with Crippen molar-refractivity contribution in [3.8, 4) is 11.1 Å². The van der Waals surface area contributed by atoms with Gasteiger partial charge >= 0.3 is 0 Å². The summed E-state index contributed by atoms with van der Waals surface area (Å²) in [7, 11) is 0. The van der Waals surface area contributed by atoms with Crippen LogP contribution in [0, 0.1) is 11.6 Å². The number of benzene rings is 2. The van der Waals surface area contributed by atoms with Crippen LogP contribution in [0.4, 0.5) is 8.78 Å². The zero-order valence-corrected chi connectivity index (χ0v) is 12.1. The molecule has 0 spiro atoms. The van der Waals surface area contributed by atoms with Crippen LogP contribution in [0.15, 0.2) is 36.4 Å². The fourth-order valence-electron chi connectivity index (χ4n) is 1.93. The Hall–Kier alpha value is -1.45. The van der Waals surface area contributed by atoms with Gasteiger partial charge in [-0.15, -0.1) is 0 Å². The molecule has 1 nitrogen and oxygen atoms in total. The van der Waals surface area contributed by atoms with Gasteiger partial charge < -0.3 is 5.32 Å². The van der Waals surface area contributed by atoms with Gasteiger partial charge in [-0.1, -0.05) is 37.6 Å². The van der Waals surface area contributed by atoms with Crippen molar-refractivity contribution >= 4 is 11.6 Å².